The molecule has 1 N–H and O–H groups in total. The lowest BCUT2D eigenvalue weighted by Gasteiger charge is -2.39. The molecule has 1 atom stereocenters. The van der Waals surface area contributed by atoms with Gasteiger partial charge in [-0.15, -0.1) is 0 Å². The number of nitrogens with zero attached hydrogens (tertiary/aromatic N) is 2. The second-order valence-electron chi connectivity index (χ2n) is 9.96. The summed E-state index contributed by atoms with van der Waals surface area (Å²) >= 11 is 0. The number of benzene rings is 2. The molecule has 0 bridgehead atoms. The number of amides is 1. The smallest absolute Gasteiger partial charge is 0.220 e. The largest absolute Gasteiger partial charge is 0.497 e. The third kappa shape index (κ3) is 4.68. The Balaban J connectivity index is 1.50. The van der Waals surface area contributed by atoms with E-state index in [2.05, 4.69) is 54.9 Å². The number of carbonyl (C=O) groups excluding carboxylic acids is 1. The van der Waals surface area contributed by atoms with E-state index in [4.69, 9.17) is 9.47 Å². The van der Waals surface area contributed by atoms with E-state index >= 15 is 0 Å². The van der Waals surface area contributed by atoms with Gasteiger partial charge in [-0.05, 0) is 75.1 Å². The Hall–Kier alpha value is -2.89. The number of ether oxygens (including phenoxy) is 2. The summed E-state index contributed by atoms with van der Waals surface area (Å²) < 4.78 is 11.8. The zero-order valence-corrected chi connectivity index (χ0v) is 21.6. The van der Waals surface area contributed by atoms with Gasteiger partial charge in [0.15, 0.2) is 0 Å². The van der Waals surface area contributed by atoms with E-state index in [0.29, 0.717) is 13.0 Å². The normalized spacial score (nSPS) is 19.6. The highest BCUT2D eigenvalue weighted by molar-refractivity contribution is 5.76. The van der Waals surface area contributed by atoms with Crippen molar-refractivity contribution in [3.63, 3.8) is 0 Å². The van der Waals surface area contributed by atoms with Gasteiger partial charge in [0.1, 0.15) is 17.1 Å². The van der Waals surface area contributed by atoms with Crippen LogP contribution in [0.5, 0.6) is 11.5 Å². The predicted octanol–water partition coefficient (Wildman–Crippen LogP) is 4.56. The maximum atomic E-state index is 12.0. The number of fused-ring (bicyclic) bond motifs is 1. The van der Waals surface area contributed by atoms with Crippen LogP contribution in [0.25, 0.3) is 0 Å². The number of anilines is 2. The molecule has 0 spiro atoms. The molecule has 0 aliphatic carbocycles. The third-order valence-corrected chi connectivity index (χ3v) is 7.41. The summed E-state index contributed by atoms with van der Waals surface area (Å²) in [5.41, 5.74) is 7.33. The number of methoxy groups -OCH3 is 1. The Morgan fingerprint density at radius 1 is 1.03 bits per heavy atom. The summed E-state index contributed by atoms with van der Waals surface area (Å²) in [4.78, 5) is 17.0. The molecule has 0 aromatic heterocycles. The van der Waals surface area contributed by atoms with Crippen molar-refractivity contribution in [1.82, 2.24) is 5.32 Å². The zero-order valence-electron chi connectivity index (χ0n) is 21.6. The minimum Gasteiger partial charge on any atom is -0.497 e. The molecule has 4 rings (SSSR count). The summed E-state index contributed by atoms with van der Waals surface area (Å²) in [6, 6.07) is 8.34. The molecule has 6 nitrogen and oxygen atoms in total. The minimum atomic E-state index is -0.403. The van der Waals surface area contributed by atoms with Crippen molar-refractivity contribution in [1.29, 1.82) is 0 Å². The van der Waals surface area contributed by atoms with Crippen molar-refractivity contribution in [2.75, 3.05) is 49.6 Å². The van der Waals surface area contributed by atoms with Gasteiger partial charge in [0.05, 0.1) is 13.7 Å². The van der Waals surface area contributed by atoms with E-state index in [1.807, 2.05) is 19.1 Å². The molecule has 1 fully saturated rings. The molecule has 184 valence electrons. The highest BCUT2D eigenvalue weighted by Gasteiger charge is 2.39. The van der Waals surface area contributed by atoms with Gasteiger partial charge in [-0.25, -0.2) is 0 Å². The van der Waals surface area contributed by atoms with Crippen LogP contribution in [-0.4, -0.2) is 51.3 Å². The number of piperazine rings is 1. The van der Waals surface area contributed by atoms with E-state index in [1.165, 1.54) is 33.6 Å². The molecule has 0 radical (unpaired) electrons. The maximum absolute atomic E-state index is 12.0. The zero-order chi connectivity index (χ0) is 24.5. The molecule has 2 aliphatic heterocycles. The standard InChI is InChI=1S/C28H39N3O3/c1-7-8-25(32)29-18-28(5)17-24-21(4)26(19(2)20(3)27(24)34-28)31-15-13-30(14-16-31)22-9-11-23(33-6)12-10-22/h9-12H,7-8,13-18H2,1-6H3,(H,29,32). The Bertz CT molecular complexity index is 1040. The van der Waals surface area contributed by atoms with Crippen LogP contribution >= 0.6 is 0 Å². The fourth-order valence-corrected chi connectivity index (χ4v) is 5.33. The first-order valence-electron chi connectivity index (χ1n) is 12.5. The Kier molecular flexibility index (Phi) is 6.96. The Morgan fingerprint density at radius 2 is 1.68 bits per heavy atom. The molecular weight excluding hydrogens is 426 g/mol. The van der Waals surface area contributed by atoms with Gasteiger partial charge < -0.3 is 24.6 Å². The molecule has 1 amide bonds. The lowest BCUT2D eigenvalue weighted by Crippen LogP contribution is -2.47. The SMILES string of the molecule is CCCC(=O)NCC1(C)Cc2c(C)c(N3CCN(c4ccc(OC)cc4)CC3)c(C)c(C)c2O1. The van der Waals surface area contributed by atoms with Gasteiger partial charge in [0.2, 0.25) is 5.91 Å². The van der Waals surface area contributed by atoms with Crippen LogP contribution in [0.4, 0.5) is 11.4 Å². The van der Waals surface area contributed by atoms with E-state index in [-0.39, 0.29) is 5.91 Å². The quantitative estimate of drug-likeness (QED) is 0.650. The first kappa shape index (κ1) is 24.2. The van der Waals surface area contributed by atoms with Crippen LogP contribution in [0.15, 0.2) is 24.3 Å². The van der Waals surface area contributed by atoms with Crippen LogP contribution < -0.4 is 24.6 Å². The van der Waals surface area contributed by atoms with Gasteiger partial charge >= 0.3 is 0 Å². The van der Waals surface area contributed by atoms with Crippen LogP contribution in [0.3, 0.4) is 0 Å². The first-order chi connectivity index (χ1) is 16.3. The summed E-state index contributed by atoms with van der Waals surface area (Å²) in [6.07, 6.45) is 2.24. The van der Waals surface area contributed by atoms with Crippen molar-refractivity contribution in [3.05, 3.63) is 46.5 Å². The van der Waals surface area contributed by atoms with E-state index < -0.39 is 5.60 Å². The summed E-state index contributed by atoms with van der Waals surface area (Å²) in [7, 11) is 1.70. The number of nitrogens with one attached hydrogen (secondary N) is 1. The number of hydrogen-bond acceptors (Lipinski definition) is 5. The fraction of sp³-hybridized carbons (Fsp3) is 0.536. The molecule has 6 heteroatoms. The fourth-order valence-electron chi connectivity index (χ4n) is 5.33. The van der Waals surface area contributed by atoms with Gasteiger partial charge in [-0.3, -0.25) is 4.79 Å². The van der Waals surface area contributed by atoms with Crippen LogP contribution in [0.2, 0.25) is 0 Å². The molecule has 2 heterocycles. The van der Waals surface area contributed by atoms with Crippen molar-refractivity contribution >= 4 is 17.3 Å². The average Bonchev–Trinajstić information content (AvgIpc) is 3.21. The van der Waals surface area contributed by atoms with Crippen LogP contribution in [-0.2, 0) is 11.2 Å². The average molecular weight is 466 g/mol. The van der Waals surface area contributed by atoms with Crippen LogP contribution in [0, 0.1) is 20.8 Å². The van der Waals surface area contributed by atoms with E-state index in [1.54, 1.807) is 7.11 Å². The third-order valence-electron chi connectivity index (χ3n) is 7.41. The number of carbonyl (C=O) groups is 1. The lowest BCUT2D eigenvalue weighted by atomic mass is 9.91. The molecule has 1 unspecified atom stereocenters. The van der Waals surface area contributed by atoms with Crippen molar-refractivity contribution in [2.45, 2.75) is 59.5 Å². The second-order valence-corrected chi connectivity index (χ2v) is 9.96. The Morgan fingerprint density at radius 3 is 2.29 bits per heavy atom. The number of rotatable bonds is 7. The molecule has 0 saturated carbocycles. The Labute approximate surface area is 204 Å². The maximum Gasteiger partial charge on any atom is 0.220 e. The van der Waals surface area contributed by atoms with Crippen LogP contribution in [0.1, 0.15) is 48.9 Å². The molecule has 1 saturated heterocycles. The highest BCUT2D eigenvalue weighted by Crippen LogP contribution is 2.45. The topological polar surface area (TPSA) is 54.0 Å². The highest BCUT2D eigenvalue weighted by atomic mass is 16.5. The minimum absolute atomic E-state index is 0.100. The monoisotopic (exact) mass is 465 g/mol. The lowest BCUT2D eigenvalue weighted by molar-refractivity contribution is -0.121. The van der Waals surface area contributed by atoms with Gasteiger partial charge in [0.25, 0.3) is 0 Å². The summed E-state index contributed by atoms with van der Waals surface area (Å²) in [6.45, 7) is 15.2. The van der Waals surface area contributed by atoms with Crippen molar-refractivity contribution < 1.29 is 14.3 Å². The van der Waals surface area contributed by atoms with Gasteiger partial charge in [-0.2, -0.15) is 0 Å². The summed E-state index contributed by atoms with van der Waals surface area (Å²) in [5, 5.41) is 3.07. The first-order valence-corrected chi connectivity index (χ1v) is 12.5. The molecule has 2 aromatic carbocycles. The number of hydrogen-bond donors (Lipinski definition) is 1. The van der Waals surface area contributed by atoms with Crippen molar-refractivity contribution in [3.8, 4) is 11.5 Å². The molecular formula is C28H39N3O3. The van der Waals surface area contributed by atoms with Gasteiger partial charge in [-0.1, -0.05) is 6.92 Å². The molecule has 34 heavy (non-hydrogen) atoms. The summed E-state index contributed by atoms with van der Waals surface area (Å²) in [5.74, 6) is 2.01. The van der Waals surface area contributed by atoms with E-state index in [9.17, 15) is 4.79 Å². The second kappa shape index (κ2) is 9.77. The van der Waals surface area contributed by atoms with E-state index in [0.717, 1.165) is 50.5 Å². The molecule has 2 aliphatic rings. The predicted molar refractivity (Wildman–Crippen MR) is 139 cm³/mol. The molecule has 2 aromatic rings. The van der Waals surface area contributed by atoms with Crippen molar-refractivity contribution in [2.24, 2.45) is 0 Å². The van der Waals surface area contributed by atoms with Gasteiger partial charge in [0, 0.05) is 56.0 Å².